The molecule has 0 bridgehead atoms. The summed E-state index contributed by atoms with van der Waals surface area (Å²) in [6.45, 7) is 5.57. The number of benzene rings is 2. The highest BCUT2D eigenvalue weighted by Crippen LogP contribution is 2.14. The summed E-state index contributed by atoms with van der Waals surface area (Å²) in [5.41, 5.74) is 0.971. The molecule has 2 N–H and O–H groups in total. The number of carbonyl (C=O) groups is 3. The van der Waals surface area contributed by atoms with E-state index in [0.29, 0.717) is 16.8 Å². The molecule has 0 radical (unpaired) electrons. The zero-order valence-electron chi connectivity index (χ0n) is 20.6. The smallest absolute Gasteiger partial charge is 0.425 e. The SMILES string of the molecule is CCOC(=O)CN(C(=O)OCc1ccccc1)S(=O)(=O)NCc1ccc(NC(=O)OC(C)(C)C)cc1. The van der Waals surface area contributed by atoms with Crippen molar-refractivity contribution in [1.82, 2.24) is 9.03 Å². The highest BCUT2D eigenvalue weighted by Gasteiger charge is 2.31. The summed E-state index contributed by atoms with van der Waals surface area (Å²) in [6, 6.07) is 15.0. The molecule has 2 aromatic rings. The molecule has 0 aliphatic heterocycles. The summed E-state index contributed by atoms with van der Waals surface area (Å²) in [7, 11) is -4.47. The van der Waals surface area contributed by atoms with Gasteiger partial charge < -0.3 is 14.2 Å². The summed E-state index contributed by atoms with van der Waals surface area (Å²) < 4.78 is 43.4. The highest BCUT2D eigenvalue weighted by molar-refractivity contribution is 7.87. The van der Waals surface area contributed by atoms with Gasteiger partial charge in [-0.1, -0.05) is 42.5 Å². The molecule has 0 aliphatic rings. The van der Waals surface area contributed by atoms with Gasteiger partial charge in [-0.25, -0.2) is 9.59 Å². The number of hydrogen-bond acceptors (Lipinski definition) is 8. The lowest BCUT2D eigenvalue weighted by Crippen LogP contribution is -2.47. The van der Waals surface area contributed by atoms with Crippen LogP contribution >= 0.6 is 0 Å². The van der Waals surface area contributed by atoms with Crippen molar-refractivity contribution in [2.75, 3.05) is 18.5 Å². The molecule has 2 aromatic carbocycles. The number of ether oxygens (including phenoxy) is 3. The van der Waals surface area contributed by atoms with Gasteiger partial charge in [-0.3, -0.25) is 10.1 Å². The number of rotatable bonds is 10. The lowest BCUT2D eigenvalue weighted by atomic mass is 10.2. The van der Waals surface area contributed by atoms with Gasteiger partial charge in [0.15, 0.2) is 0 Å². The monoisotopic (exact) mass is 521 g/mol. The van der Waals surface area contributed by atoms with Gasteiger partial charge >= 0.3 is 28.4 Å². The second kappa shape index (κ2) is 12.9. The molecule has 0 atom stereocenters. The summed E-state index contributed by atoms with van der Waals surface area (Å²) >= 11 is 0. The van der Waals surface area contributed by atoms with Gasteiger partial charge in [-0.2, -0.15) is 17.4 Å². The third-order valence-corrected chi connectivity index (χ3v) is 5.70. The summed E-state index contributed by atoms with van der Waals surface area (Å²) in [4.78, 5) is 36.4. The van der Waals surface area contributed by atoms with Crippen LogP contribution in [0.15, 0.2) is 54.6 Å². The lowest BCUT2D eigenvalue weighted by Gasteiger charge is -2.21. The van der Waals surface area contributed by atoms with Gasteiger partial charge in [-0.05, 0) is 51.0 Å². The number of nitrogens with one attached hydrogen (secondary N) is 2. The molecule has 2 amide bonds. The van der Waals surface area contributed by atoms with E-state index in [4.69, 9.17) is 14.2 Å². The predicted octanol–water partition coefficient (Wildman–Crippen LogP) is 3.57. The first-order chi connectivity index (χ1) is 16.9. The summed E-state index contributed by atoms with van der Waals surface area (Å²) in [6.07, 6.45) is -1.85. The molecule has 0 saturated carbocycles. The van der Waals surface area contributed by atoms with Crippen molar-refractivity contribution in [3.63, 3.8) is 0 Å². The summed E-state index contributed by atoms with van der Waals surface area (Å²) in [5, 5.41) is 2.57. The third kappa shape index (κ3) is 9.92. The molecule has 0 fully saturated rings. The minimum absolute atomic E-state index is 0.0168. The Morgan fingerprint density at radius 2 is 1.56 bits per heavy atom. The van der Waals surface area contributed by atoms with Gasteiger partial charge in [0.1, 0.15) is 18.8 Å². The first kappa shape index (κ1) is 28.6. The molecule has 0 spiro atoms. The third-order valence-electron chi connectivity index (χ3n) is 4.33. The molecule has 2 rings (SSSR count). The Morgan fingerprint density at radius 1 is 0.917 bits per heavy atom. The van der Waals surface area contributed by atoms with Crippen molar-refractivity contribution in [3.8, 4) is 0 Å². The zero-order valence-corrected chi connectivity index (χ0v) is 21.5. The average molecular weight is 522 g/mol. The Balaban J connectivity index is 2.04. The fourth-order valence-corrected chi connectivity index (χ4v) is 3.77. The van der Waals surface area contributed by atoms with E-state index in [2.05, 4.69) is 10.0 Å². The first-order valence-electron chi connectivity index (χ1n) is 11.1. The van der Waals surface area contributed by atoms with E-state index in [0.717, 1.165) is 0 Å². The van der Waals surface area contributed by atoms with Crippen molar-refractivity contribution in [1.29, 1.82) is 0 Å². The van der Waals surface area contributed by atoms with Gasteiger partial charge in [0.2, 0.25) is 0 Å². The number of amides is 2. The lowest BCUT2D eigenvalue weighted by molar-refractivity contribution is -0.143. The summed E-state index contributed by atoms with van der Waals surface area (Å²) in [5.74, 6) is -0.905. The first-order valence-corrected chi connectivity index (χ1v) is 12.6. The van der Waals surface area contributed by atoms with Crippen LogP contribution in [0, 0.1) is 0 Å². The van der Waals surface area contributed by atoms with E-state index in [1.807, 2.05) is 0 Å². The molecule has 0 aliphatic carbocycles. The van der Waals surface area contributed by atoms with Gasteiger partial charge in [0.25, 0.3) is 0 Å². The number of esters is 1. The van der Waals surface area contributed by atoms with Crippen LogP contribution in [0.1, 0.15) is 38.8 Å². The number of hydrogen-bond donors (Lipinski definition) is 2. The van der Waals surface area contributed by atoms with Gasteiger partial charge in [0.05, 0.1) is 6.61 Å². The van der Waals surface area contributed by atoms with Crippen LogP contribution < -0.4 is 10.0 Å². The van der Waals surface area contributed by atoms with E-state index in [-0.39, 0.29) is 24.1 Å². The van der Waals surface area contributed by atoms with Crippen LogP contribution in [-0.2, 0) is 42.4 Å². The fraction of sp³-hybridized carbons (Fsp3) is 0.375. The largest absolute Gasteiger partial charge is 0.465 e. The minimum atomic E-state index is -4.47. The number of carbonyl (C=O) groups excluding carboxylic acids is 3. The Bertz CT molecular complexity index is 1130. The Hall–Kier alpha value is -3.64. The quantitative estimate of drug-likeness (QED) is 0.357. The van der Waals surface area contributed by atoms with Crippen molar-refractivity contribution in [3.05, 3.63) is 65.7 Å². The highest BCUT2D eigenvalue weighted by atomic mass is 32.2. The van der Waals surface area contributed by atoms with E-state index >= 15 is 0 Å². The van der Waals surface area contributed by atoms with Crippen molar-refractivity contribution >= 4 is 34.1 Å². The van der Waals surface area contributed by atoms with Crippen LogP contribution in [0.25, 0.3) is 0 Å². The normalized spacial score (nSPS) is 11.3. The maximum absolute atomic E-state index is 12.9. The maximum Gasteiger partial charge on any atom is 0.425 e. The van der Waals surface area contributed by atoms with E-state index < -0.39 is 40.5 Å². The predicted molar refractivity (Wildman–Crippen MR) is 132 cm³/mol. The second-order valence-corrected chi connectivity index (χ2v) is 10.2. The number of anilines is 1. The topological polar surface area (TPSA) is 140 Å². The van der Waals surface area contributed by atoms with Gasteiger partial charge in [-0.15, -0.1) is 0 Å². The second-order valence-electron chi connectivity index (χ2n) is 8.50. The van der Waals surface area contributed by atoms with Crippen molar-refractivity contribution < 1.29 is 37.0 Å². The van der Waals surface area contributed by atoms with Gasteiger partial charge in [0, 0.05) is 12.2 Å². The molecule has 12 heteroatoms. The molecule has 0 heterocycles. The van der Waals surface area contributed by atoms with Crippen LogP contribution in [0.3, 0.4) is 0 Å². The molecule has 11 nitrogen and oxygen atoms in total. The minimum Gasteiger partial charge on any atom is -0.465 e. The number of nitrogens with zero attached hydrogens (tertiary/aromatic N) is 1. The van der Waals surface area contributed by atoms with Crippen LogP contribution in [-0.4, -0.2) is 49.6 Å². The molecule has 36 heavy (non-hydrogen) atoms. The fourth-order valence-electron chi connectivity index (χ4n) is 2.74. The Labute approximate surface area is 210 Å². The molecule has 0 saturated heterocycles. The molecule has 0 unspecified atom stereocenters. The Kier molecular flexibility index (Phi) is 10.2. The standard InChI is InChI=1S/C24H31N3O8S/c1-5-33-21(28)16-27(23(30)34-17-19-9-7-6-8-10-19)36(31,32)25-15-18-11-13-20(14-12-18)26-22(29)35-24(2,3)4/h6-14,25H,5,15-17H2,1-4H3,(H,26,29). The maximum atomic E-state index is 12.9. The molecular weight excluding hydrogens is 490 g/mol. The van der Waals surface area contributed by atoms with Crippen molar-refractivity contribution in [2.24, 2.45) is 0 Å². The molecule has 196 valence electrons. The van der Waals surface area contributed by atoms with E-state index in [1.54, 1.807) is 82.3 Å². The van der Waals surface area contributed by atoms with Crippen molar-refractivity contribution in [2.45, 2.75) is 46.4 Å². The zero-order chi connectivity index (χ0) is 26.8. The van der Waals surface area contributed by atoms with Crippen LogP contribution in [0.4, 0.5) is 15.3 Å². The average Bonchev–Trinajstić information content (AvgIpc) is 2.80. The van der Waals surface area contributed by atoms with Crippen LogP contribution in [0.5, 0.6) is 0 Å². The Morgan fingerprint density at radius 3 is 2.14 bits per heavy atom. The van der Waals surface area contributed by atoms with E-state index in [1.165, 1.54) is 0 Å². The molecular formula is C24H31N3O8S. The van der Waals surface area contributed by atoms with E-state index in [9.17, 15) is 22.8 Å². The van der Waals surface area contributed by atoms with Crippen LogP contribution in [0.2, 0.25) is 0 Å². The molecule has 0 aromatic heterocycles.